The third kappa shape index (κ3) is 8.16. The summed E-state index contributed by atoms with van der Waals surface area (Å²) in [5.41, 5.74) is 5.44. The smallest absolute Gasteiger partial charge is 0.410 e. The van der Waals surface area contributed by atoms with E-state index in [0.29, 0.717) is 18.4 Å². The highest BCUT2D eigenvalue weighted by molar-refractivity contribution is 5.94. The molecule has 4 aromatic rings. The van der Waals surface area contributed by atoms with Crippen molar-refractivity contribution in [1.29, 1.82) is 0 Å². The van der Waals surface area contributed by atoms with Gasteiger partial charge in [-0.05, 0) is 78.3 Å². The summed E-state index contributed by atoms with van der Waals surface area (Å²) in [5.74, 6) is 0.971. The fraction of sp³-hybridized carbons (Fsp3) is 0.381. The number of carbonyl (C=O) groups excluding carboxylic acids is 2. The summed E-state index contributed by atoms with van der Waals surface area (Å²) in [4.78, 5) is 33.2. The Labute approximate surface area is 286 Å². The Bertz CT molecular complexity index is 1590. The van der Waals surface area contributed by atoms with E-state index in [4.69, 9.17) is 4.74 Å². The first kappa shape index (κ1) is 33.5. The molecule has 0 spiro atoms. The molecule has 2 fully saturated rings. The summed E-state index contributed by atoms with van der Waals surface area (Å²) in [6.07, 6.45) is 4.55. The summed E-state index contributed by atoms with van der Waals surface area (Å²) in [6.45, 7) is 6.03. The molecule has 0 N–H and O–H groups in total. The number of rotatable bonds is 11. The maximum atomic E-state index is 13.4. The number of amides is 2. The molecule has 6 rings (SSSR count). The molecule has 6 heteroatoms. The topological polar surface area (TPSA) is 53.1 Å². The number of nitrogens with zero attached hydrogens (tertiary/aromatic N) is 3. The third-order valence-electron chi connectivity index (χ3n) is 10.4. The average molecular weight is 644 g/mol. The molecule has 6 nitrogen and oxygen atoms in total. The van der Waals surface area contributed by atoms with Crippen LogP contribution in [0.15, 0.2) is 115 Å². The summed E-state index contributed by atoms with van der Waals surface area (Å²) in [7, 11) is 1.97. The van der Waals surface area contributed by atoms with Crippen molar-refractivity contribution in [1.82, 2.24) is 14.7 Å². The average Bonchev–Trinajstić information content (AvgIpc) is 3.57. The zero-order chi connectivity index (χ0) is 33.3. The van der Waals surface area contributed by atoms with Gasteiger partial charge in [0.25, 0.3) is 5.91 Å². The van der Waals surface area contributed by atoms with Crippen LogP contribution < -0.4 is 0 Å². The van der Waals surface area contributed by atoms with Crippen molar-refractivity contribution >= 4 is 12.0 Å². The lowest BCUT2D eigenvalue weighted by atomic mass is 9.88. The highest BCUT2D eigenvalue weighted by Crippen LogP contribution is 2.42. The molecule has 3 atom stereocenters. The summed E-state index contributed by atoms with van der Waals surface area (Å²) >= 11 is 0. The van der Waals surface area contributed by atoms with Crippen LogP contribution in [-0.2, 0) is 11.3 Å². The van der Waals surface area contributed by atoms with Gasteiger partial charge in [0.15, 0.2) is 0 Å². The van der Waals surface area contributed by atoms with E-state index >= 15 is 0 Å². The van der Waals surface area contributed by atoms with Crippen molar-refractivity contribution in [3.63, 3.8) is 0 Å². The Hall–Kier alpha value is -4.42. The van der Waals surface area contributed by atoms with Crippen LogP contribution in [-0.4, -0.2) is 72.0 Å². The second-order valence-corrected chi connectivity index (χ2v) is 13.5. The predicted octanol–water partition coefficient (Wildman–Crippen LogP) is 8.50. The van der Waals surface area contributed by atoms with Gasteiger partial charge in [-0.15, -0.1) is 0 Å². The second-order valence-electron chi connectivity index (χ2n) is 13.5. The second kappa shape index (κ2) is 16.1. The van der Waals surface area contributed by atoms with Crippen LogP contribution in [0.2, 0.25) is 0 Å². The molecule has 1 aliphatic heterocycles. The van der Waals surface area contributed by atoms with Crippen molar-refractivity contribution in [2.24, 2.45) is 5.92 Å². The number of likely N-dealkylation sites (tertiary alicyclic amines) is 1. The predicted molar refractivity (Wildman–Crippen MR) is 193 cm³/mol. The maximum absolute atomic E-state index is 13.4. The highest BCUT2D eigenvalue weighted by Gasteiger charge is 2.40. The van der Waals surface area contributed by atoms with Gasteiger partial charge in [-0.3, -0.25) is 4.79 Å². The Morgan fingerprint density at radius 2 is 1.35 bits per heavy atom. The van der Waals surface area contributed by atoms with E-state index in [-0.39, 0.29) is 30.7 Å². The minimum Gasteiger partial charge on any atom is -0.445 e. The fourth-order valence-electron chi connectivity index (χ4n) is 7.73. The molecule has 2 aliphatic rings. The summed E-state index contributed by atoms with van der Waals surface area (Å²) in [6, 6.07) is 39.4. The van der Waals surface area contributed by atoms with E-state index < -0.39 is 0 Å². The number of piperidine rings is 1. The van der Waals surface area contributed by atoms with E-state index in [1.807, 2.05) is 77.5 Å². The number of ether oxygens (including phenoxy) is 1. The molecule has 1 saturated heterocycles. The number of carbonyl (C=O) groups is 2. The first-order valence-electron chi connectivity index (χ1n) is 17.7. The lowest BCUT2D eigenvalue weighted by Gasteiger charge is -2.39. The van der Waals surface area contributed by atoms with Crippen LogP contribution in [0.1, 0.15) is 66.4 Å². The van der Waals surface area contributed by atoms with Gasteiger partial charge in [0, 0.05) is 50.9 Å². The molecule has 2 amide bonds. The number of hydrogen-bond acceptors (Lipinski definition) is 4. The Morgan fingerprint density at radius 1 is 0.750 bits per heavy atom. The minimum absolute atomic E-state index is 0.0981. The summed E-state index contributed by atoms with van der Waals surface area (Å²) in [5, 5.41) is 0. The van der Waals surface area contributed by atoms with Gasteiger partial charge in [-0.1, -0.05) is 110 Å². The van der Waals surface area contributed by atoms with Crippen molar-refractivity contribution in [3.8, 4) is 11.1 Å². The molecule has 0 bridgehead atoms. The molecule has 1 aliphatic carbocycles. The van der Waals surface area contributed by atoms with Crippen LogP contribution >= 0.6 is 0 Å². The molecule has 250 valence electrons. The van der Waals surface area contributed by atoms with Gasteiger partial charge in [-0.25, -0.2) is 4.79 Å². The molecule has 4 aromatic carbocycles. The largest absolute Gasteiger partial charge is 0.445 e. The van der Waals surface area contributed by atoms with Gasteiger partial charge in [-0.2, -0.15) is 0 Å². The van der Waals surface area contributed by atoms with Gasteiger partial charge >= 0.3 is 6.09 Å². The first-order chi connectivity index (χ1) is 23.5. The lowest BCUT2D eigenvalue weighted by Crippen LogP contribution is -2.48. The van der Waals surface area contributed by atoms with Crippen molar-refractivity contribution in [2.45, 2.75) is 63.6 Å². The standard InChI is InChI=1S/C42H49N3O3/c1-3-25-45(42(47)48-31-32-19-21-34(22-20-32)33-13-7-4-8-14-33)38-23-26-44(27-24-38)30-37-28-39(29-40(37)35-15-9-5-10-16-35)43(2)41(46)36-17-11-6-12-18-36/h4-22,37-40H,3,23-31H2,1-2H3/t37-,39?,40-/m1/s1. The van der Waals surface area contributed by atoms with Crippen LogP contribution in [0.4, 0.5) is 4.79 Å². The molecule has 0 radical (unpaired) electrons. The quantitative estimate of drug-likeness (QED) is 0.165. The molecule has 1 heterocycles. The van der Waals surface area contributed by atoms with Crippen LogP contribution in [0.5, 0.6) is 0 Å². The SMILES string of the molecule is CCCN(C(=O)OCc1ccc(-c2ccccc2)cc1)C1CCN(C[C@H]2CC(N(C)C(=O)c3ccccc3)C[C@@H]2c2ccccc2)CC1. The zero-order valence-electron chi connectivity index (χ0n) is 28.4. The van der Waals surface area contributed by atoms with Crippen molar-refractivity contribution < 1.29 is 14.3 Å². The Morgan fingerprint density at radius 3 is 2.00 bits per heavy atom. The monoisotopic (exact) mass is 643 g/mol. The van der Waals surface area contributed by atoms with Gasteiger partial charge in [0.05, 0.1) is 0 Å². The fourth-order valence-corrected chi connectivity index (χ4v) is 7.73. The van der Waals surface area contributed by atoms with Crippen molar-refractivity contribution in [2.75, 3.05) is 33.2 Å². The molecule has 1 saturated carbocycles. The Kier molecular flexibility index (Phi) is 11.2. The first-order valence-corrected chi connectivity index (χ1v) is 17.7. The van der Waals surface area contributed by atoms with E-state index in [0.717, 1.165) is 68.4 Å². The van der Waals surface area contributed by atoms with Crippen LogP contribution in [0.3, 0.4) is 0 Å². The van der Waals surface area contributed by atoms with Gasteiger partial charge in [0.1, 0.15) is 6.61 Å². The van der Waals surface area contributed by atoms with Crippen molar-refractivity contribution in [3.05, 3.63) is 132 Å². The zero-order valence-corrected chi connectivity index (χ0v) is 28.4. The lowest BCUT2D eigenvalue weighted by molar-refractivity contribution is 0.0572. The van der Waals surface area contributed by atoms with Gasteiger partial charge < -0.3 is 19.4 Å². The normalized spacial score (nSPS) is 19.9. The Balaban J connectivity index is 1.04. The summed E-state index contributed by atoms with van der Waals surface area (Å²) < 4.78 is 5.87. The number of benzene rings is 4. The number of hydrogen-bond donors (Lipinski definition) is 0. The van der Waals surface area contributed by atoms with Gasteiger partial charge in [0.2, 0.25) is 0 Å². The maximum Gasteiger partial charge on any atom is 0.410 e. The molecule has 0 aromatic heterocycles. The third-order valence-corrected chi connectivity index (χ3v) is 10.4. The van der Waals surface area contributed by atoms with Crippen LogP contribution in [0, 0.1) is 5.92 Å². The van der Waals surface area contributed by atoms with E-state index in [9.17, 15) is 9.59 Å². The van der Waals surface area contributed by atoms with Crippen LogP contribution in [0.25, 0.3) is 11.1 Å². The van der Waals surface area contributed by atoms with E-state index in [1.165, 1.54) is 11.1 Å². The van der Waals surface area contributed by atoms with E-state index in [2.05, 4.69) is 66.4 Å². The molecular weight excluding hydrogens is 594 g/mol. The minimum atomic E-state index is -0.212. The highest BCUT2D eigenvalue weighted by atomic mass is 16.6. The molecular formula is C42H49N3O3. The molecule has 48 heavy (non-hydrogen) atoms. The molecule has 1 unspecified atom stereocenters. The van der Waals surface area contributed by atoms with E-state index in [1.54, 1.807) is 0 Å².